The molecule has 1 nitrogen and oxygen atoms in total. The summed E-state index contributed by atoms with van der Waals surface area (Å²) in [5.74, 6) is -0.625. The molecular formula is C14H9F3O. The van der Waals surface area contributed by atoms with Gasteiger partial charge < -0.3 is 0 Å². The summed E-state index contributed by atoms with van der Waals surface area (Å²) in [6.45, 7) is 0. The molecule has 2 aromatic rings. The minimum atomic E-state index is -2.52. The Morgan fingerprint density at radius 2 is 1.56 bits per heavy atom. The number of alkyl halides is 2. The summed E-state index contributed by atoms with van der Waals surface area (Å²) in [5, 5.41) is 0. The van der Waals surface area contributed by atoms with Gasteiger partial charge in [0.05, 0.1) is 5.56 Å². The first-order valence-electron chi connectivity index (χ1n) is 5.25. The summed E-state index contributed by atoms with van der Waals surface area (Å²) < 4.78 is 38.1. The van der Waals surface area contributed by atoms with Gasteiger partial charge in [-0.3, -0.25) is 4.79 Å². The monoisotopic (exact) mass is 250 g/mol. The Labute approximate surface area is 102 Å². The van der Waals surface area contributed by atoms with E-state index in [0.29, 0.717) is 17.4 Å². The normalized spacial score (nSPS) is 10.7. The van der Waals surface area contributed by atoms with Gasteiger partial charge in [-0.1, -0.05) is 30.3 Å². The predicted molar refractivity (Wildman–Crippen MR) is 62.2 cm³/mol. The van der Waals surface area contributed by atoms with Crippen molar-refractivity contribution in [3.63, 3.8) is 0 Å². The molecule has 2 rings (SSSR count). The van der Waals surface area contributed by atoms with Crippen molar-refractivity contribution in [2.75, 3.05) is 0 Å². The van der Waals surface area contributed by atoms with Crippen molar-refractivity contribution in [2.24, 2.45) is 0 Å². The van der Waals surface area contributed by atoms with Crippen molar-refractivity contribution in [3.05, 3.63) is 59.4 Å². The van der Waals surface area contributed by atoms with E-state index in [2.05, 4.69) is 0 Å². The Kier molecular flexibility index (Phi) is 3.46. The van der Waals surface area contributed by atoms with E-state index in [1.165, 1.54) is 36.4 Å². The van der Waals surface area contributed by atoms with Crippen molar-refractivity contribution in [1.82, 2.24) is 0 Å². The van der Waals surface area contributed by atoms with Crippen LogP contribution < -0.4 is 0 Å². The molecule has 92 valence electrons. The molecule has 4 heteroatoms. The molecule has 0 aliphatic carbocycles. The van der Waals surface area contributed by atoms with Gasteiger partial charge in [-0.05, 0) is 23.3 Å². The molecule has 0 aliphatic heterocycles. The van der Waals surface area contributed by atoms with Crippen LogP contribution in [0, 0.1) is 5.82 Å². The van der Waals surface area contributed by atoms with Gasteiger partial charge in [0.25, 0.3) is 6.43 Å². The van der Waals surface area contributed by atoms with Gasteiger partial charge in [0.1, 0.15) is 5.82 Å². The molecule has 0 unspecified atom stereocenters. The maximum atomic E-state index is 13.4. The van der Waals surface area contributed by atoms with E-state index in [-0.39, 0.29) is 11.1 Å². The summed E-state index contributed by atoms with van der Waals surface area (Å²) >= 11 is 0. The molecule has 18 heavy (non-hydrogen) atoms. The lowest BCUT2D eigenvalue weighted by molar-refractivity contribution is 0.111. The third-order valence-corrected chi connectivity index (χ3v) is 2.62. The molecule has 0 radical (unpaired) electrons. The topological polar surface area (TPSA) is 17.1 Å². The number of carbonyl (C=O) groups is 1. The zero-order valence-electron chi connectivity index (χ0n) is 9.24. The highest BCUT2D eigenvalue weighted by Crippen LogP contribution is 2.25. The van der Waals surface area contributed by atoms with Crippen LogP contribution in [0.1, 0.15) is 22.3 Å². The first-order valence-corrected chi connectivity index (χ1v) is 5.25. The molecule has 0 aliphatic rings. The molecular weight excluding hydrogens is 241 g/mol. The van der Waals surface area contributed by atoms with Crippen LogP contribution in [0.25, 0.3) is 11.1 Å². The van der Waals surface area contributed by atoms with Gasteiger partial charge in [0.2, 0.25) is 0 Å². The Bertz CT molecular complexity index is 562. The first-order chi connectivity index (χ1) is 8.61. The van der Waals surface area contributed by atoms with Gasteiger partial charge in [0.15, 0.2) is 6.29 Å². The second kappa shape index (κ2) is 5.04. The van der Waals surface area contributed by atoms with Crippen LogP contribution in [-0.2, 0) is 0 Å². The Morgan fingerprint density at radius 3 is 2.06 bits per heavy atom. The van der Waals surface area contributed by atoms with E-state index in [0.717, 1.165) is 0 Å². The molecule has 0 atom stereocenters. The fourth-order valence-electron chi connectivity index (χ4n) is 1.62. The van der Waals surface area contributed by atoms with Crippen molar-refractivity contribution < 1.29 is 18.0 Å². The molecule has 0 bridgehead atoms. The lowest BCUT2D eigenvalue weighted by atomic mass is 10.0. The number of rotatable bonds is 3. The fraction of sp³-hybridized carbons (Fsp3) is 0.0714. The molecule has 2 aromatic carbocycles. The first kappa shape index (κ1) is 12.4. The molecule has 0 saturated carbocycles. The Balaban J connectivity index is 2.36. The summed E-state index contributed by atoms with van der Waals surface area (Å²) in [4.78, 5) is 10.5. The lowest BCUT2D eigenvalue weighted by Gasteiger charge is -2.05. The van der Waals surface area contributed by atoms with Gasteiger partial charge in [-0.2, -0.15) is 0 Å². The van der Waals surface area contributed by atoms with Crippen LogP contribution in [-0.4, -0.2) is 6.29 Å². The minimum Gasteiger partial charge on any atom is -0.298 e. The summed E-state index contributed by atoms with van der Waals surface area (Å²) in [6, 6.07) is 9.73. The van der Waals surface area contributed by atoms with Crippen LogP contribution in [0.2, 0.25) is 0 Å². The van der Waals surface area contributed by atoms with E-state index >= 15 is 0 Å². The van der Waals surface area contributed by atoms with E-state index < -0.39 is 12.2 Å². The zero-order valence-corrected chi connectivity index (χ0v) is 9.24. The van der Waals surface area contributed by atoms with Crippen molar-refractivity contribution >= 4 is 6.29 Å². The van der Waals surface area contributed by atoms with Crippen LogP contribution in [0.15, 0.2) is 42.5 Å². The quantitative estimate of drug-likeness (QED) is 0.744. The van der Waals surface area contributed by atoms with Gasteiger partial charge >= 0.3 is 0 Å². The number of halogens is 3. The Morgan fingerprint density at radius 1 is 0.944 bits per heavy atom. The maximum Gasteiger partial charge on any atom is 0.263 e. The van der Waals surface area contributed by atoms with Crippen molar-refractivity contribution in [2.45, 2.75) is 6.43 Å². The number of benzene rings is 2. The second-order valence-electron chi connectivity index (χ2n) is 3.78. The highest BCUT2D eigenvalue weighted by molar-refractivity contribution is 5.77. The number of hydrogen-bond donors (Lipinski definition) is 0. The number of aldehydes is 1. The number of hydrogen-bond acceptors (Lipinski definition) is 1. The van der Waals surface area contributed by atoms with Crippen LogP contribution >= 0.6 is 0 Å². The van der Waals surface area contributed by atoms with E-state index in [1.54, 1.807) is 6.07 Å². The molecule has 0 fully saturated rings. The third kappa shape index (κ3) is 2.42. The third-order valence-electron chi connectivity index (χ3n) is 2.62. The fourth-order valence-corrected chi connectivity index (χ4v) is 1.62. The SMILES string of the molecule is O=Cc1ccc(-c2ccc(C(F)F)cc2)cc1F. The largest absolute Gasteiger partial charge is 0.298 e. The average molecular weight is 250 g/mol. The average Bonchev–Trinajstić information content (AvgIpc) is 2.38. The van der Waals surface area contributed by atoms with E-state index in [9.17, 15) is 18.0 Å². The van der Waals surface area contributed by atoms with Gasteiger partial charge in [0, 0.05) is 5.56 Å². The predicted octanol–water partition coefficient (Wildman–Crippen LogP) is 4.24. The van der Waals surface area contributed by atoms with E-state index in [4.69, 9.17) is 0 Å². The maximum absolute atomic E-state index is 13.4. The highest BCUT2D eigenvalue weighted by Gasteiger charge is 2.08. The molecule has 0 aromatic heterocycles. The zero-order chi connectivity index (χ0) is 13.1. The van der Waals surface area contributed by atoms with Crippen LogP contribution in [0.4, 0.5) is 13.2 Å². The summed E-state index contributed by atoms with van der Waals surface area (Å²) in [7, 11) is 0. The smallest absolute Gasteiger partial charge is 0.263 e. The molecule has 0 heterocycles. The molecule has 0 spiro atoms. The second-order valence-corrected chi connectivity index (χ2v) is 3.78. The summed E-state index contributed by atoms with van der Waals surface area (Å²) in [6.07, 6.45) is -2.09. The van der Waals surface area contributed by atoms with Crippen LogP contribution in [0.3, 0.4) is 0 Å². The summed E-state index contributed by atoms with van der Waals surface area (Å²) in [5.41, 5.74) is 1.06. The van der Waals surface area contributed by atoms with Crippen molar-refractivity contribution in [1.29, 1.82) is 0 Å². The number of carbonyl (C=O) groups excluding carboxylic acids is 1. The van der Waals surface area contributed by atoms with Gasteiger partial charge in [-0.25, -0.2) is 13.2 Å². The molecule has 0 N–H and O–H groups in total. The van der Waals surface area contributed by atoms with Crippen molar-refractivity contribution in [3.8, 4) is 11.1 Å². The Hall–Kier alpha value is -2.10. The molecule has 0 saturated heterocycles. The van der Waals surface area contributed by atoms with Gasteiger partial charge in [-0.15, -0.1) is 0 Å². The standard InChI is InChI=1S/C14H9F3O/c15-13-7-11(5-6-12(13)8-18)9-1-3-10(4-2-9)14(16)17/h1-8,14H. The molecule has 0 amide bonds. The lowest BCUT2D eigenvalue weighted by Crippen LogP contribution is -1.89. The van der Waals surface area contributed by atoms with E-state index in [1.807, 2.05) is 0 Å². The highest BCUT2D eigenvalue weighted by atomic mass is 19.3. The minimum absolute atomic E-state index is 0.0250. The van der Waals surface area contributed by atoms with Crippen LogP contribution in [0.5, 0.6) is 0 Å².